The van der Waals surface area contributed by atoms with Crippen LogP contribution in [0.5, 0.6) is 0 Å². The van der Waals surface area contributed by atoms with Crippen molar-refractivity contribution in [3.8, 4) is 0 Å². The molecule has 0 aromatic heterocycles. The van der Waals surface area contributed by atoms with Gasteiger partial charge in [0.1, 0.15) is 5.82 Å². The molecule has 1 N–H and O–H groups in total. The van der Waals surface area contributed by atoms with Crippen LogP contribution in [0.25, 0.3) is 0 Å². The fourth-order valence-electron chi connectivity index (χ4n) is 2.51. The number of nitrogens with one attached hydrogen (secondary N) is 1. The molecule has 0 aliphatic carbocycles. The van der Waals surface area contributed by atoms with Crippen LogP contribution in [0.2, 0.25) is 5.02 Å². The fourth-order valence-corrected chi connectivity index (χ4v) is 2.69. The molecule has 1 atom stereocenters. The third-order valence-corrected chi connectivity index (χ3v) is 3.98. The van der Waals surface area contributed by atoms with Gasteiger partial charge in [0, 0.05) is 24.7 Å². The molecule has 0 spiro atoms. The van der Waals surface area contributed by atoms with Gasteiger partial charge in [-0.05, 0) is 44.5 Å². The average Bonchev–Trinajstić information content (AvgIpc) is 2.48. The Morgan fingerprint density at radius 1 is 1.50 bits per heavy atom. The first-order valence-corrected chi connectivity index (χ1v) is 7.47. The van der Waals surface area contributed by atoms with Crippen molar-refractivity contribution in [2.75, 3.05) is 19.6 Å². The molecule has 1 aliphatic rings. The number of benzene rings is 1. The van der Waals surface area contributed by atoms with Crippen LogP contribution in [-0.4, -0.2) is 36.5 Å². The maximum atomic E-state index is 13.2. The minimum atomic E-state index is -0.500. The molecule has 1 amide bonds. The van der Waals surface area contributed by atoms with Crippen LogP contribution in [0.4, 0.5) is 4.39 Å². The lowest BCUT2D eigenvalue weighted by molar-refractivity contribution is 0.0741. The van der Waals surface area contributed by atoms with Gasteiger partial charge >= 0.3 is 0 Å². The highest BCUT2D eigenvalue weighted by molar-refractivity contribution is 6.31. The third-order valence-electron chi connectivity index (χ3n) is 3.69. The minimum Gasteiger partial charge on any atom is -0.337 e. The summed E-state index contributed by atoms with van der Waals surface area (Å²) >= 11 is 5.74. The Balaban J connectivity index is 2.05. The summed E-state index contributed by atoms with van der Waals surface area (Å²) < 4.78 is 13.2. The molecule has 1 fully saturated rings. The van der Waals surface area contributed by atoms with Crippen LogP contribution in [0.1, 0.15) is 36.5 Å². The molecule has 2 rings (SSSR count). The molecule has 1 aliphatic heterocycles. The smallest absolute Gasteiger partial charge is 0.253 e. The Kier molecular flexibility index (Phi) is 5.38. The van der Waals surface area contributed by atoms with E-state index in [1.54, 1.807) is 4.90 Å². The number of hydrogen-bond acceptors (Lipinski definition) is 2. The van der Waals surface area contributed by atoms with E-state index in [0.717, 1.165) is 13.0 Å². The van der Waals surface area contributed by atoms with Crippen molar-refractivity contribution < 1.29 is 9.18 Å². The predicted molar refractivity (Wildman–Crippen MR) is 78.6 cm³/mol. The van der Waals surface area contributed by atoms with Gasteiger partial charge in [-0.15, -0.1) is 0 Å². The van der Waals surface area contributed by atoms with Crippen molar-refractivity contribution in [2.45, 2.75) is 32.2 Å². The van der Waals surface area contributed by atoms with Crippen molar-refractivity contribution in [2.24, 2.45) is 0 Å². The molecule has 1 heterocycles. The van der Waals surface area contributed by atoms with Gasteiger partial charge in [-0.2, -0.15) is 0 Å². The lowest BCUT2D eigenvalue weighted by atomic mass is 10.0. The Bertz CT molecular complexity index is 475. The van der Waals surface area contributed by atoms with Gasteiger partial charge in [0.05, 0.1) is 5.02 Å². The Labute approximate surface area is 124 Å². The molecule has 0 bridgehead atoms. The van der Waals surface area contributed by atoms with E-state index in [1.807, 2.05) is 6.92 Å². The number of piperidine rings is 1. The molecule has 20 heavy (non-hydrogen) atoms. The first-order chi connectivity index (χ1) is 9.61. The van der Waals surface area contributed by atoms with E-state index in [2.05, 4.69) is 5.32 Å². The monoisotopic (exact) mass is 298 g/mol. The number of amides is 1. The van der Waals surface area contributed by atoms with Gasteiger partial charge in [-0.1, -0.05) is 18.0 Å². The quantitative estimate of drug-likeness (QED) is 0.926. The summed E-state index contributed by atoms with van der Waals surface area (Å²) in [5.74, 6) is -0.595. The zero-order chi connectivity index (χ0) is 14.5. The summed E-state index contributed by atoms with van der Waals surface area (Å²) in [4.78, 5) is 14.2. The second-order valence-electron chi connectivity index (χ2n) is 5.12. The van der Waals surface area contributed by atoms with Gasteiger partial charge in [-0.3, -0.25) is 4.79 Å². The van der Waals surface area contributed by atoms with Gasteiger partial charge in [0.25, 0.3) is 5.91 Å². The first-order valence-electron chi connectivity index (χ1n) is 7.09. The van der Waals surface area contributed by atoms with E-state index in [4.69, 9.17) is 11.6 Å². The molecule has 110 valence electrons. The van der Waals surface area contributed by atoms with Gasteiger partial charge < -0.3 is 10.2 Å². The molecular formula is C15H20ClFN2O. The van der Waals surface area contributed by atoms with E-state index >= 15 is 0 Å². The van der Waals surface area contributed by atoms with Crippen LogP contribution >= 0.6 is 11.6 Å². The number of carbonyl (C=O) groups is 1. The van der Waals surface area contributed by atoms with Crippen molar-refractivity contribution in [1.29, 1.82) is 0 Å². The molecule has 0 saturated carbocycles. The minimum absolute atomic E-state index is 0.0114. The summed E-state index contributed by atoms with van der Waals surface area (Å²) in [7, 11) is 0. The first kappa shape index (κ1) is 15.3. The van der Waals surface area contributed by atoms with Gasteiger partial charge in [0.15, 0.2) is 0 Å². The highest BCUT2D eigenvalue weighted by Gasteiger charge is 2.21. The van der Waals surface area contributed by atoms with Crippen molar-refractivity contribution in [3.05, 3.63) is 34.6 Å². The molecule has 3 nitrogen and oxygen atoms in total. The van der Waals surface area contributed by atoms with E-state index in [0.29, 0.717) is 24.7 Å². The number of likely N-dealkylation sites (N-methyl/N-ethyl adjacent to an activating group) is 1. The van der Waals surface area contributed by atoms with E-state index in [-0.39, 0.29) is 10.9 Å². The molecule has 1 unspecified atom stereocenters. The van der Waals surface area contributed by atoms with Crippen molar-refractivity contribution in [1.82, 2.24) is 10.2 Å². The second-order valence-corrected chi connectivity index (χ2v) is 5.53. The Hall–Kier alpha value is -1.13. The molecular weight excluding hydrogens is 279 g/mol. The highest BCUT2D eigenvalue weighted by Crippen LogP contribution is 2.18. The van der Waals surface area contributed by atoms with E-state index in [1.165, 1.54) is 31.0 Å². The molecule has 5 heteroatoms. The summed E-state index contributed by atoms with van der Waals surface area (Å²) in [5, 5.41) is 3.42. The number of hydrogen-bond donors (Lipinski definition) is 1. The topological polar surface area (TPSA) is 32.3 Å². The second kappa shape index (κ2) is 7.04. The summed E-state index contributed by atoms with van der Waals surface area (Å²) in [6.07, 6.45) is 3.49. The SMILES string of the molecule is CCN(CC1CCCCN1)C(=O)c1ccc(F)c(Cl)c1. The Morgan fingerprint density at radius 3 is 2.90 bits per heavy atom. The number of rotatable bonds is 4. The van der Waals surface area contributed by atoms with Gasteiger partial charge in [0.2, 0.25) is 0 Å². The lowest BCUT2D eigenvalue weighted by Crippen LogP contribution is -2.45. The van der Waals surface area contributed by atoms with Crippen molar-refractivity contribution >= 4 is 17.5 Å². The standard InChI is InChI=1S/C15H20ClFN2O/c1-2-19(10-12-5-3-4-8-18-12)15(20)11-6-7-14(17)13(16)9-11/h6-7,9,12,18H,2-5,8,10H2,1H3. The average molecular weight is 299 g/mol. The highest BCUT2D eigenvalue weighted by atomic mass is 35.5. The Morgan fingerprint density at radius 2 is 2.30 bits per heavy atom. The third kappa shape index (κ3) is 3.70. The van der Waals surface area contributed by atoms with Crippen LogP contribution < -0.4 is 5.32 Å². The van der Waals surface area contributed by atoms with Gasteiger partial charge in [-0.25, -0.2) is 4.39 Å². The van der Waals surface area contributed by atoms with Crippen LogP contribution in [0, 0.1) is 5.82 Å². The summed E-state index contributed by atoms with van der Waals surface area (Å²) in [6.45, 7) is 4.28. The normalized spacial score (nSPS) is 18.9. The number of carbonyl (C=O) groups excluding carboxylic acids is 1. The van der Waals surface area contributed by atoms with Crippen LogP contribution in [0.3, 0.4) is 0 Å². The van der Waals surface area contributed by atoms with E-state index < -0.39 is 5.82 Å². The number of nitrogens with zero attached hydrogens (tertiary/aromatic N) is 1. The zero-order valence-electron chi connectivity index (χ0n) is 11.7. The lowest BCUT2D eigenvalue weighted by Gasteiger charge is -2.30. The molecule has 1 aromatic rings. The number of halogens is 2. The maximum Gasteiger partial charge on any atom is 0.253 e. The largest absolute Gasteiger partial charge is 0.337 e. The van der Waals surface area contributed by atoms with Crippen LogP contribution in [0.15, 0.2) is 18.2 Å². The predicted octanol–water partition coefficient (Wildman–Crippen LogP) is 3.08. The molecule has 0 radical (unpaired) electrons. The fraction of sp³-hybridized carbons (Fsp3) is 0.533. The van der Waals surface area contributed by atoms with E-state index in [9.17, 15) is 9.18 Å². The maximum absolute atomic E-state index is 13.2. The summed E-state index contributed by atoms with van der Waals surface area (Å²) in [6, 6.07) is 4.47. The molecule has 1 aromatic carbocycles. The van der Waals surface area contributed by atoms with Crippen molar-refractivity contribution in [3.63, 3.8) is 0 Å². The molecule has 1 saturated heterocycles. The summed E-state index contributed by atoms with van der Waals surface area (Å²) in [5.41, 5.74) is 0.439. The van der Waals surface area contributed by atoms with Crippen LogP contribution in [-0.2, 0) is 0 Å². The zero-order valence-corrected chi connectivity index (χ0v) is 12.4.